The summed E-state index contributed by atoms with van der Waals surface area (Å²) in [5, 5.41) is 24.8. The minimum absolute atomic E-state index is 0.0956. The monoisotopic (exact) mass is 406 g/mol. The normalized spacial score (nSPS) is 10.0. The van der Waals surface area contributed by atoms with E-state index in [4.69, 9.17) is 19.6 Å². The van der Waals surface area contributed by atoms with E-state index in [0.29, 0.717) is 24.7 Å². The predicted octanol–water partition coefficient (Wildman–Crippen LogP) is 3.07. The van der Waals surface area contributed by atoms with Crippen molar-refractivity contribution in [2.24, 2.45) is 0 Å². The minimum Gasteiger partial charge on any atom is -0.477 e. The highest BCUT2D eigenvalue weighted by atomic mass is 16.5. The molecule has 0 aliphatic rings. The van der Waals surface area contributed by atoms with Gasteiger partial charge in [0.1, 0.15) is 41.2 Å². The molecule has 3 rings (SSSR count). The molecule has 3 aromatic rings. The Morgan fingerprint density at radius 1 is 1.00 bits per heavy atom. The average molecular weight is 406 g/mol. The second kappa shape index (κ2) is 9.12. The highest BCUT2D eigenvalue weighted by Crippen LogP contribution is 2.32. The number of nitrogens with zero attached hydrogens (tertiary/aromatic N) is 5. The molecule has 0 aliphatic carbocycles. The second-order valence-electron chi connectivity index (χ2n) is 5.69. The summed E-state index contributed by atoms with van der Waals surface area (Å²) in [5.74, 6) is 0.820. The van der Waals surface area contributed by atoms with Crippen molar-refractivity contribution in [1.82, 2.24) is 15.0 Å². The van der Waals surface area contributed by atoms with E-state index >= 15 is 0 Å². The molecule has 0 aromatic carbocycles. The molecule has 0 saturated carbocycles. The first-order valence-electron chi connectivity index (χ1n) is 8.94. The average Bonchev–Trinajstić information content (AvgIpc) is 3.21. The maximum Gasteiger partial charge on any atom is 0.300 e. The van der Waals surface area contributed by atoms with Crippen LogP contribution < -0.4 is 25.8 Å². The molecule has 0 fully saturated rings. The molecule has 11 heteroatoms. The van der Waals surface area contributed by atoms with Crippen molar-refractivity contribution in [1.29, 1.82) is 10.5 Å². The van der Waals surface area contributed by atoms with Crippen molar-refractivity contribution in [2.75, 3.05) is 29.6 Å². The summed E-state index contributed by atoms with van der Waals surface area (Å²) in [7, 11) is 0. The summed E-state index contributed by atoms with van der Waals surface area (Å²) >= 11 is 0. The highest BCUT2D eigenvalue weighted by Gasteiger charge is 2.18. The van der Waals surface area contributed by atoms with Crippen LogP contribution in [0.15, 0.2) is 29.0 Å². The first-order valence-corrected chi connectivity index (χ1v) is 8.94. The van der Waals surface area contributed by atoms with Crippen LogP contribution in [0.5, 0.6) is 11.8 Å². The molecule has 0 bridgehead atoms. The number of pyridine rings is 2. The topological polar surface area (TPSA) is 168 Å². The Bertz CT molecular complexity index is 1120. The molecule has 0 saturated heterocycles. The number of ether oxygens (including phenoxy) is 2. The molecule has 0 aliphatic heterocycles. The minimum atomic E-state index is 0.0956. The zero-order valence-corrected chi connectivity index (χ0v) is 16.3. The Morgan fingerprint density at radius 3 is 2.20 bits per heavy atom. The number of nitriles is 2. The van der Waals surface area contributed by atoms with E-state index in [2.05, 4.69) is 31.7 Å². The van der Waals surface area contributed by atoms with Crippen LogP contribution in [0.1, 0.15) is 25.0 Å². The molecule has 4 N–H and O–H groups in total. The fraction of sp³-hybridized carbons (Fsp3) is 0.211. The number of rotatable bonds is 8. The van der Waals surface area contributed by atoms with Crippen LogP contribution in [0.3, 0.4) is 0 Å². The molecular weight excluding hydrogens is 388 g/mol. The number of oxazole rings is 1. The van der Waals surface area contributed by atoms with E-state index in [1.807, 2.05) is 6.07 Å². The number of nitrogen functional groups attached to an aromatic ring is 1. The summed E-state index contributed by atoms with van der Waals surface area (Å²) in [4.78, 5) is 12.6. The van der Waals surface area contributed by atoms with Gasteiger partial charge in [0.25, 0.3) is 6.01 Å². The fourth-order valence-electron chi connectivity index (χ4n) is 2.52. The summed E-state index contributed by atoms with van der Waals surface area (Å²) in [6.07, 6.45) is 2.89. The molecule has 3 aromatic heterocycles. The number of anilines is 5. The molecule has 0 radical (unpaired) electrons. The zero-order valence-electron chi connectivity index (χ0n) is 16.3. The summed E-state index contributed by atoms with van der Waals surface area (Å²) in [5.41, 5.74) is 6.81. The van der Waals surface area contributed by atoms with Crippen molar-refractivity contribution in [3.8, 4) is 23.9 Å². The Labute approximate surface area is 172 Å². The quantitative estimate of drug-likeness (QED) is 0.502. The smallest absolute Gasteiger partial charge is 0.300 e. The largest absolute Gasteiger partial charge is 0.477 e. The van der Waals surface area contributed by atoms with E-state index in [1.165, 1.54) is 18.5 Å². The predicted molar refractivity (Wildman–Crippen MR) is 108 cm³/mol. The fourth-order valence-corrected chi connectivity index (χ4v) is 2.52. The van der Waals surface area contributed by atoms with Crippen LogP contribution in [0.25, 0.3) is 0 Å². The lowest BCUT2D eigenvalue weighted by Gasteiger charge is -2.15. The van der Waals surface area contributed by atoms with E-state index in [-0.39, 0.29) is 40.4 Å². The number of hydrogen-bond donors (Lipinski definition) is 3. The van der Waals surface area contributed by atoms with Crippen molar-refractivity contribution < 1.29 is 13.9 Å². The van der Waals surface area contributed by atoms with Gasteiger partial charge in [-0.25, -0.2) is 4.98 Å². The maximum atomic E-state index is 9.65. The van der Waals surface area contributed by atoms with Crippen LogP contribution in [0.2, 0.25) is 0 Å². The number of nitrogens with two attached hydrogens (primary N) is 1. The van der Waals surface area contributed by atoms with E-state index in [1.54, 1.807) is 19.9 Å². The van der Waals surface area contributed by atoms with Gasteiger partial charge in [-0.1, -0.05) is 0 Å². The van der Waals surface area contributed by atoms with Crippen LogP contribution >= 0.6 is 0 Å². The molecule has 0 amide bonds. The molecule has 0 spiro atoms. The van der Waals surface area contributed by atoms with Gasteiger partial charge in [0.2, 0.25) is 11.8 Å². The first-order chi connectivity index (χ1) is 14.6. The molecular formula is C19H18N8O3. The van der Waals surface area contributed by atoms with Gasteiger partial charge in [0.05, 0.1) is 30.8 Å². The Balaban J connectivity index is 2.05. The van der Waals surface area contributed by atoms with E-state index < -0.39 is 0 Å². The molecule has 0 unspecified atom stereocenters. The first kappa shape index (κ1) is 20.2. The summed E-state index contributed by atoms with van der Waals surface area (Å²) in [6.45, 7) is 4.16. The maximum absolute atomic E-state index is 9.65. The highest BCUT2D eigenvalue weighted by molar-refractivity contribution is 5.74. The molecule has 11 nitrogen and oxygen atoms in total. The van der Waals surface area contributed by atoms with E-state index in [0.717, 1.165) is 0 Å². The standard InChI is InChI=1S/C19H18N8O3/c1-3-28-17-11(9-20)13(22)7-15(25-17)24-14-8-16(27-19-23-5-6-30-19)26-18(29-4-2)12(14)10-21/h5-8H,3-4H2,1-2H3,(H4,22,23,24,25,26,27). The van der Waals surface area contributed by atoms with Gasteiger partial charge in [-0.3, -0.25) is 5.32 Å². The van der Waals surface area contributed by atoms with Gasteiger partial charge in [-0.15, -0.1) is 0 Å². The van der Waals surface area contributed by atoms with Crippen LogP contribution in [0.4, 0.5) is 29.0 Å². The lowest BCUT2D eigenvalue weighted by molar-refractivity contribution is 0.326. The van der Waals surface area contributed by atoms with Gasteiger partial charge < -0.3 is 24.9 Å². The lowest BCUT2D eigenvalue weighted by atomic mass is 10.2. The number of nitrogens with one attached hydrogen (secondary N) is 2. The van der Waals surface area contributed by atoms with Crippen LogP contribution in [-0.4, -0.2) is 28.2 Å². The summed E-state index contributed by atoms with van der Waals surface area (Å²) < 4.78 is 16.1. The summed E-state index contributed by atoms with van der Waals surface area (Å²) in [6, 6.07) is 7.31. The van der Waals surface area contributed by atoms with Crippen molar-refractivity contribution in [2.45, 2.75) is 13.8 Å². The van der Waals surface area contributed by atoms with Gasteiger partial charge >= 0.3 is 0 Å². The van der Waals surface area contributed by atoms with Crippen molar-refractivity contribution in [3.63, 3.8) is 0 Å². The van der Waals surface area contributed by atoms with Crippen LogP contribution in [0, 0.1) is 22.7 Å². The third kappa shape index (κ3) is 4.31. The van der Waals surface area contributed by atoms with Gasteiger partial charge in [0, 0.05) is 12.1 Å². The van der Waals surface area contributed by atoms with Crippen LogP contribution in [-0.2, 0) is 0 Å². The zero-order chi connectivity index (χ0) is 21.5. The lowest BCUT2D eigenvalue weighted by Crippen LogP contribution is -2.07. The van der Waals surface area contributed by atoms with E-state index in [9.17, 15) is 10.5 Å². The van der Waals surface area contributed by atoms with Crippen molar-refractivity contribution >= 4 is 29.0 Å². The number of hydrogen-bond acceptors (Lipinski definition) is 11. The molecule has 3 heterocycles. The number of aromatic nitrogens is 3. The second-order valence-corrected chi connectivity index (χ2v) is 5.69. The molecule has 0 atom stereocenters. The van der Waals surface area contributed by atoms with Crippen molar-refractivity contribution in [3.05, 3.63) is 35.7 Å². The Hall–Kier alpha value is -4.51. The third-order valence-corrected chi connectivity index (χ3v) is 3.72. The third-order valence-electron chi connectivity index (χ3n) is 3.72. The van der Waals surface area contributed by atoms with Gasteiger partial charge in [-0.05, 0) is 13.8 Å². The van der Waals surface area contributed by atoms with Gasteiger partial charge in [0.15, 0.2) is 0 Å². The Kier molecular flexibility index (Phi) is 6.15. The molecule has 30 heavy (non-hydrogen) atoms. The SMILES string of the molecule is CCOc1nc(Nc2cc(Nc3ncco3)nc(OCC)c2C#N)cc(N)c1C#N. The molecule has 152 valence electrons. The Morgan fingerprint density at radius 2 is 1.63 bits per heavy atom. The van der Waals surface area contributed by atoms with Gasteiger partial charge in [-0.2, -0.15) is 20.5 Å².